The number of allylic oxidation sites excluding steroid dienone is 2. The van der Waals surface area contributed by atoms with E-state index >= 15 is 0 Å². The zero-order valence-corrected chi connectivity index (χ0v) is 14.1. The predicted octanol–water partition coefficient (Wildman–Crippen LogP) is 6.99. The first kappa shape index (κ1) is 23.7. The second-order valence-corrected chi connectivity index (χ2v) is 6.28. The van der Waals surface area contributed by atoms with Crippen LogP contribution < -0.4 is 0 Å². The number of hydrogen-bond acceptors (Lipinski definition) is 0. The van der Waals surface area contributed by atoms with Gasteiger partial charge >= 0.3 is 29.9 Å². The van der Waals surface area contributed by atoms with E-state index < -0.39 is 39.5 Å². The quantitative estimate of drug-likeness (QED) is 0.195. The average Bonchev–Trinajstić information content (AvgIpc) is 2.36. The van der Waals surface area contributed by atoms with Gasteiger partial charge in [0.1, 0.15) is 0 Å². The molecule has 0 aliphatic rings. The second kappa shape index (κ2) is 7.52. The van der Waals surface area contributed by atoms with E-state index in [1.165, 1.54) is 0 Å². The maximum absolute atomic E-state index is 13.4. The maximum atomic E-state index is 13.4. The molecule has 144 valence electrons. The van der Waals surface area contributed by atoms with Crippen LogP contribution in [0.15, 0.2) is 9.66 Å². The van der Waals surface area contributed by atoms with Crippen LogP contribution in [0.5, 0.6) is 0 Å². The van der Waals surface area contributed by atoms with Crippen molar-refractivity contribution in [1.82, 2.24) is 0 Å². The summed E-state index contributed by atoms with van der Waals surface area (Å²) in [5.41, 5.74) is 0. The summed E-state index contributed by atoms with van der Waals surface area (Å²) in [5, 5.41) is 0. The molecule has 0 nitrogen and oxygen atoms in total. The van der Waals surface area contributed by atoms with E-state index in [9.17, 15) is 48.3 Å². The molecule has 0 radical (unpaired) electrons. The highest BCUT2D eigenvalue weighted by atomic mass is 127. The van der Waals surface area contributed by atoms with Gasteiger partial charge in [-0.1, -0.05) is 19.8 Å². The van der Waals surface area contributed by atoms with E-state index in [4.69, 9.17) is 0 Å². The Hall–Kier alpha value is -0.300. The van der Waals surface area contributed by atoms with Crippen molar-refractivity contribution in [3.63, 3.8) is 0 Å². The van der Waals surface area contributed by atoms with Crippen molar-refractivity contribution in [1.29, 1.82) is 0 Å². The van der Waals surface area contributed by atoms with Crippen LogP contribution >= 0.6 is 22.6 Å². The molecule has 0 bridgehead atoms. The third-order valence-corrected chi connectivity index (χ3v) is 3.77. The van der Waals surface area contributed by atoms with Gasteiger partial charge in [-0.2, -0.15) is 48.3 Å². The van der Waals surface area contributed by atoms with Crippen molar-refractivity contribution in [3.05, 3.63) is 9.66 Å². The van der Waals surface area contributed by atoms with Crippen LogP contribution in [0.3, 0.4) is 0 Å². The predicted molar refractivity (Wildman–Crippen MR) is 72.1 cm³/mol. The lowest BCUT2D eigenvalue weighted by Crippen LogP contribution is -2.66. The largest absolute Gasteiger partial charge is 0.460 e. The first-order valence-electron chi connectivity index (χ1n) is 6.41. The molecule has 0 amide bonds. The Morgan fingerprint density at radius 1 is 0.750 bits per heavy atom. The van der Waals surface area contributed by atoms with Gasteiger partial charge in [0.25, 0.3) is 0 Å². The Bertz CT molecular complexity index is 450. The lowest BCUT2D eigenvalue weighted by atomic mass is 9.97. The third-order valence-electron chi connectivity index (χ3n) is 2.92. The Kier molecular flexibility index (Phi) is 7.43. The molecule has 0 saturated heterocycles. The molecule has 12 heteroatoms. The number of rotatable bonds is 8. The summed E-state index contributed by atoms with van der Waals surface area (Å²) < 4.78 is 140. The van der Waals surface area contributed by atoms with Gasteiger partial charge in [-0.05, 0) is 39.0 Å². The van der Waals surface area contributed by atoms with Crippen LogP contribution in [-0.2, 0) is 0 Å². The lowest BCUT2D eigenvalue weighted by Gasteiger charge is -2.36. The van der Waals surface area contributed by atoms with E-state index in [1.807, 2.05) is 0 Å². The van der Waals surface area contributed by atoms with E-state index in [-0.39, 0.29) is 12.8 Å². The number of halogens is 12. The molecular formula is C12H12F11I. The minimum atomic E-state index is -7.35. The van der Waals surface area contributed by atoms with Gasteiger partial charge in [0.05, 0.1) is 0 Å². The summed E-state index contributed by atoms with van der Waals surface area (Å²) in [4.78, 5) is 0. The Morgan fingerprint density at radius 2 is 1.21 bits per heavy atom. The van der Waals surface area contributed by atoms with Crippen LogP contribution in [0.1, 0.15) is 32.6 Å². The van der Waals surface area contributed by atoms with Crippen molar-refractivity contribution in [2.45, 2.75) is 62.5 Å². The highest BCUT2D eigenvalue weighted by molar-refractivity contribution is 14.1. The zero-order chi connectivity index (χ0) is 19.6. The summed E-state index contributed by atoms with van der Waals surface area (Å²) in [7, 11) is 0. The van der Waals surface area contributed by atoms with Gasteiger partial charge < -0.3 is 0 Å². The molecule has 0 N–H and O–H groups in total. The normalized spacial score (nSPS) is 15.8. The van der Waals surface area contributed by atoms with Gasteiger partial charge in [-0.25, -0.2) is 0 Å². The van der Waals surface area contributed by atoms with E-state index in [1.54, 1.807) is 6.92 Å². The van der Waals surface area contributed by atoms with E-state index in [0.29, 0.717) is 12.8 Å². The minimum absolute atomic E-state index is 0.224. The second-order valence-electron chi connectivity index (χ2n) is 4.89. The molecule has 0 fully saturated rings. The van der Waals surface area contributed by atoms with E-state index in [0.717, 1.165) is 22.6 Å². The average molecular weight is 492 g/mol. The first-order chi connectivity index (χ1) is 10.5. The van der Waals surface area contributed by atoms with E-state index in [2.05, 4.69) is 0 Å². The molecule has 0 saturated carbocycles. The van der Waals surface area contributed by atoms with Crippen molar-refractivity contribution >= 4 is 22.6 Å². The van der Waals surface area contributed by atoms with Gasteiger partial charge in [-0.15, -0.1) is 0 Å². The monoisotopic (exact) mass is 492 g/mol. The first-order valence-corrected chi connectivity index (χ1v) is 7.48. The van der Waals surface area contributed by atoms with Crippen molar-refractivity contribution in [2.75, 3.05) is 0 Å². The topological polar surface area (TPSA) is 0 Å². The molecule has 0 aliphatic heterocycles. The summed E-state index contributed by atoms with van der Waals surface area (Å²) in [6, 6.07) is 0. The van der Waals surface area contributed by atoms with Crippen molar-refractivity contribution in [3.8, 4) is 0 Å². The molecule has 0 spiro atoms. The molecule has 0 aliphatic carbocycles. The highest BCUT2D eigenvalue weighted by Gasteiger charge is 2.86. The molecular weight excluding hydrogens is 480 g/mol. The fourth-order valence-corrected chi connectivity index (χ4v) is 2.26. The van der Waals surface area contributed by atoms with Crippen LogP contribution in [0.2, 0.25) is 0 Å². The van der Waals surface area contributed by atoms with Crippen LogP contribution in [0.4, 0.5) is 48.3 Å². The summed E-state index contributed by atoms with van der Waals surface area (Å²) >= 11 is 1.10. The highest BCUT2D eigenvalue weighted by Crippen LogP contribution is 2.57. The number of alkyl halides is 11. The smallest absolute Gasteiger partial charge is 0.195 e. The minimum Gasteiger partial charge on any atom is -0.195 e. The fourth-order valence-electron chi connectivity index (χ4n) is 1.49. The zero-order valence-electron chi connectivity index (χ0n) is 11.9. The van der Waals surface area contributed by atoms with Crippen LogP contribution in [-0.4, -0.2) is 29.9 Å². The lowest BCUT2D eigenvalue weighted by molar-refractivity contribution is -0.416. The molecule has 0 unspecified atom stereocenters. The van der Waals surface area contributed by atoms with Gasteiger partial charge in [0.2, 0.25) is 0 Å². The van der Waals surface area contributed by atoms with Crippen LogP contribution in [0.25, 0.3) is 0 Å². The summed E-state index contributed by atoms with van der Waals surface area (Å²) in [5.74, 6) is -27.6. The molecule has 0 atom stereocenters. The number of unbranched alkanes of at least 4 members (excludes halogenated alkanes) is 2. The molecule has 24 heavy (non-hydrogen) atoms. The van der Waals surface area contributed by atoms with Gasteiger partial charge in [0, 0.05) is 6.08 Å². The van der Waals surface area contributed by atoms with Crippen LogP contribution in [0, 0.1) is 0 Å². The standard InChI is InChI=1S/C12H12F11I/c1-2-3-4-5-7(24)6-8(13,14)9(15,16)10(17,18)11(19,20)12(21,22)23/h6H,2-5H2,1H3. The molecule has 0 aromatic carbocycles. The molecule has 0 aromatic rings. The number of hydrogen-bond donors (Lipinski definition) is 0. The SMILES string of the molecule is CCCCCC(I)=CC(F)(F)C(F)(F)C(F)(F)C(F)(F)C(F)(F)F. The Morgan fingerprint density at radius 3 is 1.58 bits per heavy atom. The maximum Gasteiger partial charge on any atom is 0.460 e. The fraction of sp³-hybridized carbons (Fsp3) is 0.833. The molecule has 0 rings (SSSR count). The Labute approximate surface area is 143 Å². The van der Waals surface area contributed by atoms with Gasteiger partial charge in [0.15, 0.2) is 0 Å². The van der Waals surface area contributed by atoms with Crippen molar-refractivity contribution in [2.24, 2.45) is 0 Å². The summed E-state index contributed by atoms with van der Waals surface area (Å²) in [6.45, 7) is 1.72. The third kappa shape index (κ3) is 4.45. The molecule has 0 aromatic heterocycles. The Balaban J connectivity index is 5.72. The van der Waals surface area contributed by atoms with Gasteiger partial charge in [-0.3, -0.25) is 0 Å². The van der Waals surface area contributed by atoms with Crippen molar-refractivity contribution < 1.29 is 48.3 Å². The molecule has 0 heterocycles. The summed E-state index contributed by atoms with van der Waals surface area (Å²) in [6.07, 6.45) is -6.74.